The topological polar surface area (TPSA) is 93.8 Å². The molecule has 1 N–H and O–H groups in total. The highest BCUT2D eigenvalue weighted by Crippen LogP contribution is 2.26. The van der Waals surface area contributed by atoms with Crippen molar-refractivity contribution in [2.75, 3.05) is 0 Å². The van der Waals surface area contributed by atoms with Crippen LogP contribution in [0.5, 0.6) is 0 Å². The Balaban J connectivity index is 2.35. The van der Waals surface area contributed by atoms with E-state index in [4.69, 9.17) is 5.11 Å². The number of carboxylic acid groups (broad SMARTS) is 1. The second kappa shape index (κ2) is 4.27. The Morgan fingerprint density at radius 2 is 2.38 bits per heavy atom. The van der Waals surface area contributed by atoms with Crippen molar-refractivity contribution in [1.82, 2.24) is 25.2 Å². The van der Waals surface area contributed by atoms with Gasteiger partial charge in [-0.3, -0.25) is 0 Å². The first-order chi connectivity index (χ1) is 7.68. The average Bonchev–Trinajstić information content (AvgIpc) is 2.65. The van der Waals surface area contributed by atoms with Crippen molar-refractivity contribution in [1.29, 1.82) is 0 Å². The Morgan fingerprint density at radius 3 is 3.00 bits per heavy atom. The lowest BCUT2D eigenvalue weighted by Crippen LogP contribution is -2.02. The smallest absolute Gasteiger partial charge is 0.355 e. The molecule has 8 heteroatoms. The van der Waals surface area contributed by atoms with Gasteiger partial charge in [-0.1, -0.05) is 0 Å². The van der Waals surface area contributed by atoms with Gasteiger partial charge in [0.25, 0.3) is 0 Å². The third-order valence-electron chi connectivity index (χ3n) is 1.76. The fourth-order valence-corrected chi connectivity index (χ4v) is 1.87. The number of tetrazole rings is 1. The van der Waals surface area contributed by atoms with Gasteiger partial charge in [0.2, 0.25) is 5.16 Å². The summed E-state index contributed by atoms with van der Waals surface area (Å²) < 4.78 is 1.46. The first-order valence-corrected chi connectivity index (χ1v) is 5.08. The number of hydrogen-bond donors (Lipinski definition) is 1. The fraction of sp³-hybridized carbons (Fsp3) is 0.125. The molecule has 2 rings (SSSR count). The molecule has 0 spiro atoms. The van der Waals surface area contributed by atoms with Crippen LogP contribution in [0.25, 0.3) is 0 Å². The molecule has 2 aromatic heterocycles. The number of aryl methyl sites for hydroxylation is 1. The molecule has 82 valence electrons. The van der Waals surface area contributed by atoms with Crippen molar-refractivity contribution in [2.24, 2.45) is 7.05 Å². The lowest BCUT2D eigenvalue weighted by Gasteiger charge is -2.02. The third-order valence-corrected chi connectivity index (χ3v) is 2.83. The van der Waals surface area contributed by atoms with Gasteiger partial charge in [0.1, 0.15) is 0 Å². The zero-order chi connectivity index (χ0) is 11.5. The molecule has 0 bridgehead atoms. The quantitative estimate of drug-likeness (QED) is 0.828. The highest BCUT2D eigenvalue weighted by Gasteiger charge is 2.14. The third kappa shape index (κ3) is 2.01. The molecule has 0 aliphatic carbocycles. The molecule has 0 atom stereocenters. The van der Waals surface area contributed by atoms with Crippen molar-refractivity contribution < 1.29 is 9.90 Å². The van der Waals surface area contributed by atoms with Crippen molar-refractivity contribution >= 4 is 17.7 Å². The van der Waals surface area contributed by atoms with Crippen LogP contribution >= 0.6 is 11.8 Å². The largest absolute Gasteiger partial charge is 0.476 e. The summed E-state index contributed by atoms with van der Waals surface area (Å²) in [4.78, 5) is 15.2. The van der Waals surface area contributed by atoms with Gasteiger partial charge < -0.3 is 5.11 Å². The summed E-state index contributed by atoms with van der Waals surface area (Å²) in [5.41, 5.74) is -0.00417. The molecule has 0 fully saturated rings. The molecule has 0 amide bonds. The summed E-state index contributed by atoms with van der Waals surface area (Å²) in [6.07, 6.45) is 1.43. The highest BCUT2D eigenvalue weighted by atomic mass is 32.2. The van der Waals surface area contributed by atoms with Crippen molar-refractivity contribution in [3.63, 3.8) is 0 Å². The van der Waals surface area contributed by atoms with Gasteiger partial charge in [-0.2, -0.15) is 0 Å². The average molecular weight is 237 g/mol. The Kier molecular flexibility index (Phi) is 2.82. The fourth-order valence-electron chi connectivity index (χ4n) is 1.04. The minimum absolute atomic E-state index is 0.00417. The Labute approximate surface area is 94.5 Å². The Bertz CT molecular complexity index is 527. The van der Waals surface area contributed by atoms with Gasteiger partial charge in [0.05, 0.1) is 0 Å². The first-order valence-electron chi connectivity index (χ1n) is 4.27. The Hall–Kier alpha value is -1.96. The SMILES string of the molecule is Cn1nnnc1Sc1cccnc1C(=O)O. The van der Waals surface area contributed by atoms with Gasteiger partial charge >= 0.3 is 5.97 Å². The lowest BCUT2D eigenvalue weighted by atomic mass is 10.3. The van der Waals surface area contributed by atoms with Gasteiger partial charge in [-0.25, -0.2) is 14.5 Å². The van der Waals surface area contributed by atoms with E-state index in [-0.39, 0.29) is 5.69 Å². The summed E-state index contributed by atoms with van der Waals surface area (Å²) in [5.74, 6) is -1.07. The molecule has 0 saturated heterocycles. The van der Waals surface area contributed by atoms with E-state index in [1.54, 1.807) is 19.2 Å². The number of nitrogens with zero attached hydrogens (tertiary/aromatic N) is 5. The second-order valence-corrected chi connectivity index (χ2v) is 3.85. The Morgan fingerprint density at radius 1 is 1.56 bits per heavy atom. The summed E-state index contributed by atoms with van der Waals surface area (Å²) in [6.45, 7) is 0. The molecule has 0 unspecified atom stereocenters. The molecule has 7 nitrogen and oxygen atoms in total. The maximum absolute atomic E-state index is 10.9. The van der Waals surface area contributed by atoms with Crippen LogP contribution < -0.4 is 0 Å². The van der Waals surface area contributed by atoms with Crippen molar-refractivity contribution in [2.45, 2.75) is 10.1 Å². The standard InChI is InChI=1S/C8H7N5O2S/c1-13-8(10-11-12-13)16-5-3-2-4-9-6(5)7(14)15/h2-4H,1H3,(H,14,15). The molecule has 0 aliphatic rings. The number of pyridine rings is 1. The van der Waals surface area contributed by atoms with Gasteiger partial charge in [0.15, 0.2) is 5.69 Å². The van der Waals surface area contributed by atoms with E-state index in [0.717, 1.165) is 11.8 Å². The molecule has 0 radical (unpaired) electrons. The second-order valence-electron chi connectivity index (χ2n) is 2.84. The van der Waals surface area contributed by atoms with E-state index >= 15 is 0 Å². The zero-order valence-electron chi connectivity index (χ0n) is 8.23. The van der Waals surface area contributed by atoms with Crippen LogP contribution in [-0.4, -0.2) is 36.3 Å². The number of aromatic nitrogens is 5. The van der Waals surface area contributed by atoms with E-state index < -0.39 is 5.97 Å². The van der Waals surface area contributed by atoms with Crippen LogP contribution in [0.15, 0.2) is 28.4 Å². The summed E-state index contributed by atoms with van der Waals surface area (Å²) in [7, 11) is 1.68. The summed E-state index contributed by atoms with van der Waals surface area (Å²) in [5, 5.41) is 20.3. The monoisotopic (exact) mass is 237 g/mol. The number of hydrogen-bond acceptors (Lipinski definition) is 6. The van der Waals surface area contributed by atoms with Crippen LogP contribution in [0.1, 0.15) is 10.5 Å². The molecule has 16 heavy (non-hydrogen) atoms. The normalized spacial score (nSPS) is 10.3. The number of aromatic carboxylic acids is 1. The number of carboxylic acids is 1. The maximum atomic E-state index is 10.9. The molecule has 0 aromatic carbocycles. The van der Waals surface area contributed by atoms with E-state index in [0.29, 0.717) is 10.1 Å². The number of carbonyl (C=O) groups is 1. The van der Waals surface area contributed by atoms with E-state index in [9.17, 15) is 4.79 Å². The lowest BCUT2D eigenvalue weighted by molar-refractivity contribution is 0.0686. The molecule has 2 heterocycles. The predicted octanol–water partition coefficient (Wildman–Crippen LogP) is 0.454. The highest BCUT2D eigenvalue weighted by molar-refractivity contribution is 7.99. The van der Waals surface area contributed by atoms with E-state index in [1.165, 1.54) is 10.9 Å². The molecule has 0 aliphatic heterocycles. The summed E-state index contributed by atoms with van der Waals surface area (Å²) >= 11 is 1.16. The van der Waals surface area contributed by atoms with Crippen LogP contribution in [-0.2, 0) is 7.05 Å². The molecular formula is C8H7N5O2S. The van der Waals surface area contributed by atoms with Crippen LogP contribution in [0.3, 0.4) is 0 Å². The van der Waals surface area contributed by atoms with Crippen LogP contribution in [0.4, 0.5) is 0 Å². The van der Waals surface area contributed by atoms with Crippen LogP contribution in [0, 0.1) is 0 Å². The van der Waals surface area contributed by atoms with Crippen molar-refractivity contribution in [3.05, 3.63) is 24.0 Å². The molecule has 0 saturated carbocycles. The number of rotatable bonds is 3. The molecular weight excluding hydrogens is 230 g/mol. The first kappa shape index (κ1) is 10.6. The van der Waals surface area contributed by atoms with Crippen molar-refractivity contribution in [3.8, 4) is 0 Å². The summed E-state index contributed by atoms with van der Waals surface area (Å²) in [6, 6.07) is 3.33. The minimum Gasteiger partial charge on any atom is -0.476 e. The van der Waals surface area contributed by atoms with E-state index in [2.05, 4.69) is 20.5 Å². The molecule has 2 aromatic rings. The maximum Gasteiger partial charge on any atom is 0.355 e. The van der Waals surface area contributed by atoms with Gasteiger partial charge in [-0.05, 0) is 34.3 Å². The predicted molar refractivity (Wildman–Crippen MR) is 54.1 cm³/mol. The van der Waals surface area contributed by atoms with Gasteiger partial charge in [-0.15, -0.1) is 5.10 Å². The van der Waals surface area contributed by atoms with Crippen LogP contribution in [0.2, 0.25) is 0 Å². The zero-order valence-corrected chi connectivity index (χ0v) is 9.05. The minimum atomic E-state index is -1.07. The van der Waals surface area contributed by atoms with E-state index in [1.807, 2.05) is 0 Å². The van der Waals surface area contributed by atoms with Gasteiger partial charge in [0, 0.05) is 18.1 Å².